The first-order valence-corrected chi connectivity index (χ1v) is 7.25. The van der Waals surface area contributed by atoms with Gasteiger partial charge in [0.15, 0.2) is 0 Å². The molecule has 2 unspecified atom stereocenters. The molecule has 5 nitrogen and oxygen atoms in total. The third-order valence-corrected chi connectivity index (χ3v) is 3.42. The summed E-state index contributed by atoms with van der Waals surface area (Å²) in [6, 6.07) is 11.3. The Bertz CT molecular complexity index is 616. The van der Waals surface area contributed by atoms with Gasteiger partial charge >= 0.3 is 0 Å². The van der Waals surface area contributed by atoms with Crippen molar-refractivity contribution in [3.63, 3.8) is 0 Å². The predicted octanol–water partition coefficient (Wildman–Crippen LogP) is 2.42. The standard InChI is InChI=1S/C17H21N3O2/c1-12(15-4-3-5-16(10-15)20-13(2)21)19-11-17(22)14-6-8-18-9-7-14/h3-10,12,17,19,22H,11H2,1-2H3,(H,20,21). The Balaban J connectivity index is 1.94. The molecule has 0 saturated carbocycles. The summed E-state index contributed by atoms with van der Waals surface area (Å²) in [4.78, 5) is 15.0. The smallest absolute Gasteiger partial charge is 0.221 e. The van der Waals surface area contributed by atoms with Gasteiger partial charge in [-0.3, -0.25) is 9.78 Å². The normalized spacial score (nSPS) is 13.4. The van der Waals surface area contributed by atoms with Gasteiger partial charge in [-0.2, -0.15) is 0 Å². The summed E-state index contributed by atoms with van der Waals surface area (Å²) in [6.45, 7) is 3.95. The quantitative estimate of drug-likeness (QED) is 0.766. The Morgan fingerprint density at radius 1 is 1.23 bits per heavy atom. The lowest BCUT2D eigenvalue weighted by molar-refractivity contribution is -0.114. The van der Waals surface area contributed by atoms with Gasteiger partial charge in [0.05, 0.1) is 6.10 Å². The lowest BCUT2D eigenvalue weighted by Crippen LogP contribution is -2.24. The highest BCUT2D eigenvalue weighted by molar-refractivity contribution is 5.88. The molecule has 116 valence electrons. The van der Waals surface area contributed by atoms with Crippen LogP contribution in [0.15, 0.2) is 48.8 Å². The van der Waals surface area contributed by atoms with E-state index in [-0.39, 0.29) is 11.9 Å². The third-order valence-electron chi connectivity index (χ3n) is 3.42. The molecule has 1 aromatic heterocycles. The van der Waals surface area contributed by atoms with E-state index in [1.165, 1.54) is 6.92 Å². The molecule has 0 aliphatic carbocycles. The van der Waals surface area contributed by atoms with Crippen LogP contribution in [0.3, 0.4) is 0 Å². The van der Waals surface area contributed by atoms with E-state index in [4.69, 9.17) is 0 Å². The Morgan fingerprint density at radius 3 is 2.64 bits per heavy atom. The maximum atomic E-state index is 11.1. The number of carbonyl (C=O) groups is 1. The van der Waals surface area contributed by atoms with Crippen molar-refractivity contribution in [3.05, 3.63) is 59.9 Å². The molecule has 0 spiro atoms. The van der Waals surface area contributed by atoms with Crippen molar-refractivity contribution in [2.45, 2.75) is 26.0 Å². The first kappa shape index (κ1) is 16.1. The molecule has 2 atom stereocenters. The molecule has 0 aliphatic rings. The van der Waals surface area contributed by atoms with E-state index in [0.29, 0.717) is 6.54 Å². The van der Waals surface area contributed by atoms with E-state index >= 15 is 0 Å². The highest BCUT2D eigenvalue weighted by atomic mass is 16.3. The number of benzene rings is 1. The van der Waals surface area contributed by atoms with E-state index in [9.17, 15) is 9.90 Å². The molecular weight excluding hydrogens is 278 g/mol. The van der Waals surface area contributed by atoms with Crippen molar-refractivity contribution in [3.8, 4) is 0 Å². The van der Waals surface area contributed by atoms with Crippen LogP contribution in [0.25, 0.3) is 0 Å². The zero-order valence-electron chi connectivity index (χ0n) is 12.8. The Hall–Kier alpha value is -2.24. The molecule has 5 heteroatoms. The molecule has 2 rings (SSSR count). The van der Waals surface area contributed by atoms with Crippen LogP contribution in [0.4, 0.5) is 5.69 Å². The average Bonchev–Trinajstić information content (AvgIpc) is 2.52. The second kappa shape index (κ2) is 7.68. The van der Waals surface area contributed by atoms with Gasteiger partial charge in [0.2, 0.25) is 5.91 Å². The summed E-state index contributed by atoms with van der Waals surface area (Å²) in [5.41, 5.74) is 2.66. The number of rotatable bonds is 6. The van der Waals surface area contributed by atoms with Crippen LogP contribution in [0.1, 0.15) is 37.1 Å². The van der Waals surface area contributed by atoms with E-state index in [0.717, 1.165) is 16.8 Å². The number of nitrogens with zero attached hydrogens (tertiary/aromatic N) is 1. The largest absolute Gasteiger partial charge is 0.387 e. The maximum absolute atomic E-state index is 11.1. The fraction of sp³-hybridized carbons (Fsp3) is 0.294. The zero-order chi connectivity index (χ0) is 15.9. The summed E-state index contributed by atoms with van der Waals surface area (Å²) in [5.74, 6) is -0.0918. The van der Waals surface area contributed by atoms with Crippen LogP contribution in [-0.4, -0.2) is 22.5 Å². The molecule has 0 fully saturated rings. The highest BCUT2D eigenvalue weighted by Gasteiger charge is 2.11. The fourth-order valence-electron chi connectivity index (χ4n) is 2.20. The van der Waals surface area contributed by atoms with Crippen LogP contribution < -0.4 is 10.6 Å². The van der Waals surface area contributed by atoms with Gasteiger partial charge in [-0.25, -0.2) is 0 Å². The van der Waals surface area contributed by atoms with Crippen LogP contribution in [0.5, 0.6) is 0 Å². The topological polar surface area (TPSA) is 74.2 Å². The molecule has 0 bridgehead atoms. The second-order valence-electron chi connectivity index (χ2n) is 5.23. The lowest BCUT2D eigenvalue weighted by Gasteiger charge is -2.18. The van der Waals surface area contributed by atoms with E-state index < -0.39 is 6.10 Å². The fourth-order valence-corrected chi connectivity index (χ4v) is 2.20. The molecule has 3 N–H and O–H groups in total. The van der Waals surface area contributed by atoms with Crippen molar-refractivity contribution in [1.29, 1.82) is 0 Å². The summed E-state index contributed by atoms with van der Waals surface area (Å²) < 4.78 is 0. The van der Waals surface area contributed by atoms with Gasteiger partial charge in [-0.1, -0.05) is 12.1 Å². The van der Waals surface area contributed by atoms with Gasteiger partial charge in [0.25, 0.3) is 0 Å². The number of carbonyl (C=O) groups excluding carboxylic acids is 1. The number of aromatic nitrogens is 1. The van der Waals surface area contributed by atoms with Crippen LogP contribution in [-0.2, 0) is 4.79 Å². The minimum atomic E-state index is -0.580. The number of nitrogens with one attached hydrogen (secondary N) is 2. The number of hydrogen-bond acceptors (Lipinski definition) is 4. The van der Waals surface area contributed by atoms with Gasteiger partial charge in [0.1, 0.15) is 0 Å². The van der Waals surface area contributed by atoms with Gasteiger partial charge in [-0.05, 0) is 42.3 Å². The van der Waals surface area contributed by atoms with E-state index in [2.05, 4.69) is 15.6 Å². The molecule has 1 amide bonds. The Labute approximate surface area is 130 Å². The minimum Gasteiger partial charge on any atom is -0.387 e. The number of aliphatic hydroxyl groups is 1. The number of pyridine rings is 1. The minimum absolute atomic E-state index is 0.0604. The first-order valence-electron chi connectivity index (χ1n) is 7.25. The molecule has 1 aromatic carbocycles. The zero-order valence-corrected chi connectivity index (χ0v) is 12.8. The second-order valence-corrected chi connectivity index (χ2v) is 5.23. The van der Waals surface area contributed by atoms with E-state index in [1.54, 1.807) is 24.5 Å². The number of anilines is 1. The Kier molecular flexibility index (Phi) is 5.63. The van der Waals surface area contributed by atoms with Crippen molar-refractivity contribution < 1.29 is 9.90 Å². The molecule has 2 aromatic rings. The average molecular weight is 299 g/mol. The predicted molar refractivity (Wildman–Crippen MR) is 86.4 cm³/mol. The lowest BCUT2D eigenvalue weighted by atomic mass is 10.1. The first-order chi connectivity index (χ1) is 10.6. The van der Waals surface area contributed by atoms with Crippen LogP contribution in [0.2, 0.25) is 0 Å². The summed E-state index contributed by atoms with van der Waals surface area (Å²) in [5, 5.41) is 16.2. The molecule has 0 aliphatic heterocycles. The molecule has 0 saturated heterocycles. The van der Waals surface area contributed by atoms with Crippen LogP contribution >= 0.6 is 0 Å². The van der Waals surface area contributed by atoms with Gasteiger partial charge in [0, 0.05) is 37.6 Å². The summed E-state index contributed by atoms with van der Waals surface area (Å²) in [7, 11) is 0. The maximum Gasteiger partial charge on any atom is 0.221 e. The summed E-state index contributed by atoms with van der Waals surface area (Å²) in [6.07, 6.45) is 2.75. The molecular formula is C17H21N3O2. The summed E-state index contributed by atoms with van der Waals surface area (Å²) >= 11 is 0. The number of hydrogen-bond donors (Lipinski definition) is 3. The van der Waals surface area contributed by atoms with Crippen LogP contribution in [0, 0.1) is 0 Å². The number of aliphatic hydroxyl groups excluding tert-OH is 1. The highest BCUT2D eigenvalue weighted by Crippen LogP contribution is 2.18. The van der Waals surface area contributed by atoms with Crippen molar-refractivity contribution in [2.24, 2.45) is 0 Å². The van der Waals surface area contributed by atoms with Crippen molar-refractivity contribution in [2.75, 3.05) is 11.9 Å². The van der Waals surface area contributed by atoms with Crippen molar-refractivity contribution >= 4 is 11.6 Å². The molecule has 0 radical (unpaired) electrons. The Morgan fingerprint density at radius 2 is 1.95 bits per heavy atom. The monoisotopic (exact) mass is 299 g/mol. The van der Waals surface area contributed by atoms with E-state index in [1.807, 2.05) is 31.2 Å². The number of amides is 1. The molecule has 22 heavy (non-hydrogen) atoms. The third kappa shape index (κ3) is 4.65. The van der Waals surface area contributed by atoms with Gasteiger partial charge in [-0.15, -0.1) is 0 Å². The SMILES string of the molecule is CC(=O)Nc1cccc(C(C)NCC(O)c2ccncc2)c1. The van der Waals surface area contributed by atoms with Crippen molar-refractivity contribution in [1.82, 2.24) is 10.3 Å². The molecule has 1 heterocycles. The van der Waals surface area contributed by atoms with Gasteiger partial charge < -0.3 is 15.7 Å².